The molecule has 1 aromatic carbocycles. The first-order valence-corrected chi connectivity index (χ1v) is 7.56. The van der Waals surface area contributed by atoms with E-state index in [-0.39, 0.29) is 12.4 Å². The number of hydrogen-bond donors (Lipinski definition) is 0. The van der Waals surface area contributed by atoms with Crippen LogP contribution in [0, 0.1) is 0 Å². The number of benzene rings is 1. The van der Waals surface area contributed by atoms with Crippen molar-refractivity contribution in [1.29, 1.82) is 0 Å². The molecule has 0 amide bonds. The van der Waals surface area contributed by atoms with E-state index in [1.54, 1.807) is 6.92 Å². The SMILES string of the molecule is CC(=O)O[C@H]1[C@H](C)O[C@@H](Br)C(=O)[C@@H]1OCc1ccccc1. The molecule has 1 aliphatic rings. The first-order chi connectivity index (χ1) is 9.99. The standard InChI is InChI=1S/C15H17BrO5/c1-9-13(21-10(2)17)14(12(18)15(16)20-9)19-8-11-6-4-3-5-7-11/h3-7,9,13-15H,8H2,1-2H3/t9-,13-,14-,15+/m0/s1. The van der Waals surface area contributed by atoms with Gasteiger partial charge in [0.2, 0.25) is 5.78 Å². The third kappa shape index (κ3) is 4.12. The van der Waals surface area contributed by atoms with Crippen LogP contribution in [-0.4, -0.2) is 35.1 Å². The summed E-state index contributed by atoms with van der Waals surface area (Å²) < 4.78 is 16.3. The summed E-state index contributed by atoms with van der Waals surface area (Å²) in [6.45, 7) is 3.31. The van der Waals surface area contributed by atoms with Crippen LogP contribution in [0.5, 0.6) is 0 Å². The number of carbonyl (C=O) groups excluding carboxylic acids is 2. The van der Waals surface area contributed by atoms with E-state index in [2.05, 4.69) is 15.9 Å². The van der Waals surface area contributed by atoms with Gasteiger partial charge >= 0.3 is 5.97 Å². The molecular formula is C15H17BrO5. The number of esters is 1. The van der Waals surface area contributed by atoms with E-state index in [0.717, 1.165) is 5.56 Å². The molecule has 0 radical (unpaired) electrons. The normalized spacial score (nSPS) is 29.2. The Morgan fingerprint density at radius 1 is 1.33 bits per heavy atom. The Hall–Kier alpha value is -1.24. The minimum Gasteiger partial charge on any atom is -0.457 e. The van der Waals surface area contributed by atoms with Gasteiger partial charge in [-0.15, -0.1) is 0 Å². The van der Waals surface area contributed by atoms with E-state index in [0.29, 0.717) is 0 Å². The number of rotatable bonds is 4. The lowest BCUT2D eigenvalue weighted by molar-refractivity contribution is -0.192. The maximum Gasteiger partial charge on any atom is 0.303 e. The van der Waals surface area contributed by atoms with Crippen molar-refractivity contribution < 1.29 is 23.8 Å². The Balaban J connectivity index is 2.10. The summed E-state index contributed by atoms with van der Waals surface area (Å²) in [5.41, 5.74) is 0.942. The zero-order valence-electron chi connectivity index (χ0n) is 11.8. The Bertz CT molecular complexity index is 504. The van der Waals surface area contributed by atoms with Crippen LogP contribution in [0.2, 0.25) is 0 Å². The van der Waals surface area contributed by atoms with Crippen LogP contribution in [0.15, 0.2) is 30.3 Å². The number of halogens is 1. The van der Waals surface area contributed by atoms with Crippen LogP contribution in [0.4, 0.5) is 0 Å². The van der Waals surface area contributed by atoms with Crippen molar-refractivity contribution in [2.45, 2.75) is 43.8 Å². The molecule has 4 atom stereocenters. The molecular weight excluding hydrogens is 340 g/mol. The smallest absolute Gasteiger partial charge is 0.303 e. The van der Waals surface area contributed by atoms with Crippen molar-refractivity contribution in [1.82, 2.24) is 0 Å². The number of carbonyl (C=O) groups is 2. The number of Topliss-reactive ketones (excluding diaryl/α,β-unsaturated/α-hetero) is 1. The average molecular weight is 357 g/mol. The number of alkyl halides is 1. The quantitative estimate of drug-likeness (QED) is 0.611. The van der Waals surface area contributed by atoms with Gasteiger partial charge in [0.1, 0.15) is 0 Å². The summed E-state index contributed by atoms with van der Waals surface area (Å²) in [6.07, 6.45) is -2.02. The molecule has 1 aromatic rings. The molecule has 21 heavy (non-hydrogen) atoms. The third-order valence-corrected chi connectivity index (χ3v) is 3.84. The lowest BCUT2D eigenvalue weighted by Gasteiger charge is -2.36. The third-order valence-electron chi connectivity index (χ3n) is 3.17. The van der Waals surface area contributed by atoms with Crippen LogP contribution in [0.1, 0.15) is 19.4 Å². The minimum atomic E-state index is -0.845. The van der Waals surface area contributed by atoms with Gasteiger partial charge < -0.3 is 14.2 Å². The van der Waals surface area contributed by atoms with Crippen molar-refractivity contribution in [3.05, 3.63) is 35.9 Å². The number of ether oxygens (including phenoxy) is 3. The van der Waals surface area contributed by atoms with Crippen molar-refractivity contribution in [3.63, 3.8) is 0 Å². The van der Waals surface area contributed by atoms with Gasteiger partial charge in [-0.1, -0.05) is 30.3 Å². The Labute approximate surface area is 131 Å². The molecule has 1 aliphatic heterocycles. The van der Waals surface area contributed by atoms with Crippen molar-refractivity contribution >= 4 is 27.7 Å². The first-order valence-electron chi connectivity index (χ1n) is 6.65. The fourth-order valence-corrected chi connectivity index (χ4v) is 2.76. The van der Waals surface area contributed by atoms with Crippen LogP contribution in [0.3, 0.4) is 0 Å². The predicted molar refractivity (Wildman–Crippen MR) is 78.8 cm³/mol. The summed E-state index contributed by atoms with van der Waals surface area (Å²) in [7, 11) is 0. The lowest BCUT2D eigenvalue weighted by Crippen LogP contribution is -2.55. The Morgan fingerprint density at radius 3 is 2.62 bits per heavy atom. The maximum absolute atomic E-state index is 12.2. The Morgan fingerprint density at radius 2 is 2.00 bits per heavy atom. The van der Waals surface area contributed by atoms with Crippen LogP contribution < -0.4 is 0 Å². The van der Waals surface area contributed by atoms with Gasteiger partial charge in [-0.3, -0.25) is 9.59 Å². The molecule has 0 N–H and O–H groups in total. The van der Waals surface area contributed by atoms with E-state index >= 15 is 0 Å². The summed E-state index contributed by atoms with van der Waals surface area (Å²) in [5.74, 6) is -0.750. The molecule has 0 aromatic heterocycles. The zero-order chi connectivity index (χ0) is 15.4. The fourth-order valence-electron chi connectivity index (χ4n) is 2.16. The summed E-state index contributed by atoms with van der Waals surface area (Å²) in [4.78, 5) is 23.4. The molecule has 0 bridgehead atoms. The van der Waals surface area contributed by atoms with Gasteiger partial charge in [0.05, 0.1) is 12.7 Å². The fraction of sp³-hybridized carbons (Fsp3) is 0.467. The van der Waals surface area contributed by atoms with Gasteiger partial charge in [-0.2, -0.15) is 0 Å². The molecule has 0 unspecified atom stereocenters. The second kappa shape index (κ2) is 7.15. The second-order valence-electron chi connectivity index (χ2n) is 4.85. The summed E-state index contributed by atoms with van der Waals surface area (Å²) in [6, 6.07) is 9.49. The molecule has 5 nitrogen and oxygen atoms in total. The van der Waals surface area contributed by atoms with Gasteiger partial charge in [0.15, 0.2) is 17.2 Å². The highest BCUT2D eigenvalue weighted by Gasteiger charge is 2.45. The summed E-state index contributed by atoms with van der Waals surface area (Å²) in [5, 5.41) is -0.750. The largest absolute Gasteiger partial charge is 0.457 e. The minimum absolute atomic E-state index is 0.265. The predicted octanol–water partition coefficient (Wildman–Crippen LogP) is 2.21. The van der Waals surface area contributed by atoms with E-state index in [1.165, 1.54) is 6.92 Å². The molecule has 1 saturated heterocycles. The van der Waals surface area contributed by atoms with Crippen LogP contribution in [0.25, 0.3) is 0 Å². The van der Waals surface area contributed by atoms with Gasteiger partial charge in [-0.25, -0.2) is 0 Å². The molecule has 0 aliphatic carbocycles. The molecule has 6 heteroatoms. The van der Waals surface area contributed by atoms with Crippen LogP contribution in [-0.2, 0) is 30.4 Å². The molecule has 1 heterocycles. The lowest BCUT2D eigenvalue weighted by atomic mass is 10.0. The molecule has 114 valence electrons. The van der Waals surface area contributed by atoms with Gasteiger partial charge in [-0.05, 0) is 28.4 Å². The highest BCUT2D eigenvalue weighted by Crippen LogP contribution is 2.26. The first kappa shape index (κ1) is 16.1. The number of hydrogen-bond acceptors (Lipinski definition) is 5. The van der Waals surface area contributed by atoms with Gasteiger partial charge in [0.25, 0.3) is 0 Å². The van der Waals surface area contributed by atoms with E-state index < -0.39 is 29.3 Å². The molecule has 0 saturated carbocycles. The van der Waals surface area contributed by atoms with Crippen molar-refractivity contribution in [2.24, 2.45) is 0 Å². The summed E-state index contributed by atoms with van der Waals surface area (Å²) >= 11 is 3.16. The highest BCUT2D eigenvalue weighted by molar-refractivity contribution is 9.09. The van der Waals surface area contributed by atoms with Crippen LogP contribution >= 0.6 is 15.9 Å². The zero-order valence-corrected chi connectivity index (χ0v) is 13.4. The molecule has 1 fully saturated rings. The van der Waals surface area contributed by atoms with E-state index in [4.69, 9.17) is 14.2 Å². The Kier molecular flexibility index (Phi) is 5.50. The van der Waals surface area contributed by atoms with E-state index in [9.17, 15) is 9.59 Å². The highest BCUT2D eigenvalue weighted by atomic mass is 79.9. The molecule has 0 spiro atoms. The average Bonchev–Trinajstić information content (AvgIpc) is 2.45. The topological polar surface area (TPSA) is 61.8 Å². The second-order valence-corrected chi connectivity index (χ2v) is 5.68. The monoisotopic (exact) mass is 356 g/mol. The van der Waals surface area contributed by atoms with E-state index in [1.807, 2.05) is 30.3 Å². The molecule has 2 rings (SSSR count). The maximum atomic E-state index is 12.2. The van der Waals surface area contributed by atoms with Crippen molar-refractivity contribution in [3.8, 4) is 0 Å². The van der Waals surface area contributed by atoms with Gasteiger partial charge in [0, 0.05) is 6.92 Å². The van der Waals surface area contributed by atoms with Crippen molar-refractivity contribution in [2.75, 3.05) is 0 Å². The number of ketones is 1.